The molecule has 0 aliphatic heterocycles. The van der Waals surface area contributed by atoms with Gasteiger partial charge in [-0.05, 0) is 30.6 Å². The minimum atomic E-state index is 0.875. The molecule has 0 heterocycles. The Labute approximate surface area is 71.4 Å². The van der Waals surface area contributed by atoms with Crippen LogP contribution in [0.25, 0.3) is 0 Å². The third kappa shape index (κ3) is 1.45. The molecule has 0 nitrogen and oxygen atoms in total. The molecule has 2 aliphatic carbocycles. The third-order valence-corrected chi connectivity index (χ3v) is 3.71. The molecule has 0 bridgehead atoms. The molecular formula is C11H22. The molecule has 2 fully saturated rings. The van der Waals surface area contributed by atoms with Gasteiger partial charge in [0.1, 0.15) is 0 Å². The first-order valence-electron chi connectivity index (χ1n) is 5.33. The van der Waals surface area contributed by atoms with Crippen LogP contribution in [-0.2, 0) is 0 Å². The van der Waals surface area contributed by atoms with Gasteiger partial charge in [0.15, 0.2) is 0 Å². The van der Waals surface area contributed by atoms with Crippen molar-refractivity contribution < 1.29 is 0 Å². The molecular weight excluding hydrogens is 132 g/mol. The predicted octanol–water partition coefficient (Wildman–Crippen LogP) is 4.00. The van der Waals surface area contributed by atoms with Crippen LogP contribution in [-0.4, -0.2) is 0 Å². The van der Waals surface area contributed by atoms with Crippen molar-refractivity contribution in [3.63, 3.8) is 0 Å². The summed E-state index contributed by atoms with van der Waals surface area (Å²) in [6.07, 6.45) is 9.20. The van der Waals surface area contributed by atoms with E-state index in [0.717, 1.165) is 11.3 Å². The molecule has 66 valence electrons. The van der Waals surface area contributed by atoms with Gasteiger partial charge in [-0.2, -0.15) is 0 Å². The zero-order chi connectivity index (χ0) is 8.32. The van der Waals surface area contributed by atoms with Crippen molar-refractivity contribution in [1.82, 2.24) is 0 Å². The van der Waals surface area contributed by atoms with Crippen molar-refractivity contribution in [3.8, 4) is 0 Å². The lowest BCUT2D eigenvalue weighted by Crippen LogP contribution is -2.31. The lowest BCUT2D eigenvalue weighted by molar-refractivity contribution is 0.0886. The molecule has 2 rings (SSSR count). The van der Waals surface area contributed by atoms with Crippen LogP contribution in [0.5, 0.6) is 0 Å². The van der Waals surface area contributed by atoms with E-state index >= 15 is 0 Å². The van der Waals surface area contributed by atoms with E-state index in [1.807, 2.05) is 13.8 Å². The monoisotopic (exact) mass is 154 g/mol. The maximum absolute atomic E-state index is 2.45. The highest BCUT2D eigenvalue weighted by atomic mass is 14.5. The van der Waals surface area contributed by atoms with E-state index in [9.17, 15) is 0 Å². The summed E-state index contributed by atoms with van der Waals surface area (Å²) < 4.78 is 0. The Hall–Kier alpha value is 0. The summed E-state index contributed by atoms with van der Waals surface area (Å²) in [6.45, 7) is 6.45. The fourth-order valence-corrected chi connectivity index (χ4v) is 2.69. The van der Waals surface area contributed by atoms with E-state index in [-0.39, 0.29) is 0 Å². The van der Waals surface area contributed by atoms with Gasteiger partial charge >= 0.3 is 0 Å². The summed E-state index contributed by atoms with van der Waals surface area (Å²) in [6, 6.07) is 0. The fourth-order valence-electron chi connectivity index (χ4n) is 2.69. The van der Waals surface area contributed by atoms with Crippen molar-refractivity contribution in [1.29, 1.82) is 0 Å². The molecule has 0 radical (unpaired) electrons. The molecule has 0 aromatic carbocycles. The van der Waals surface area contributed by atoms with Crippen LogP contribution in [0.4, 0.5) is 0 Å². The standard InChI is InChI=1S/C9H16.C2H6/c1-8-4-2-5-9(8)6-3-7-9;1-2/h8H,2-7H2,1H3;1-2H3/t8-;/m1./s1. The molecule has 2 saturated carbocycles. The van der Waals surface area contributed by atoms with Gasteiger partial charge in [-0.3, -0.25) is 0 Å². The molecule has 0 aromatic heterocycles. The lowest BCUT2D eigenvalue weighted by atomic mass is 9.63. The van der Waals surface area contributed by atoms with Gasteiger partial charge in [-0.25, -0.2) is 0 Å². The molecule has 0 heteroatoms. The molecule has 1 spiro atoms. The van der Waals surface area contributed by atoms with E-state index in [1.165, 1.54) is 19.3 Å². The molecule has 0 amide bonds. The normalized spacial score (nSPS) is 32.5. The van der Waals surface area contributed by atoms with Crippen molar-refractivity contribution in [2.75, 3.05) is 0 Å². The molecule has 0 N–H and O–H groups in total. The first-order chi connectivity index (χ1) is 5.33. The van der Waals surface area contributed by atoms with Crippen LogP contribution in [0, 0.1) is 11.3 Å². The van der Waals surface area contributed by atoms with E-state index in [0.29, 0.717) is 0 Å². The molecule has 1 atom stereocenters. The summed E-state index contributed by atoms with van der Waals surface area (Å²) in [4.78, 5) is 0. The Morgan fingerprint density at radius 2 is 1.55 bits per heavy atom. The Kier molecular flexibility index (Phi) is 2.98. The van der Waals surface area contributed by atoms with Crippen LogP contribution in [0.2, 0.25) is 0 Å². The molecule has 0 saturated heterocycles. The summed E-state index contributed by atoms with van der Waals surface area (Å²) in [7, 11) is 0. The third-order valence-electron chi connectivity index (χ3n) is 3.71. The van der Waals surface area contributed by atoms with Crippen LogP contribution >= 0.6 is 0 Å². The minimum Gasteiger partial charge on any atom is -0.0683 e. The largest absolute Gasteiger partial charge is 0.0683 e. The summed E-state index contributed by atoms with van der Waals surface area (Å²) in [5.41, 5.74) is 0.875. The topological polar surface area (TPSA) is 0 Å². The average molecular weight is 154 g/mol. The van der Waals surface area contributed by atoms with Gasteiger partial charge < -0.3 is 0 Å². The van der Waals surface area contributed by atoms with Gasteiger partial charge in [0, 0.05) is 0 Å². The van der Waals surface area contributed by atoms with Crippen molar-refractivity contribution in [2.24, 2.45) is 11.3 Å². The Morgan fingerprint density at radius 3 is 1.73 bits per heavy atom. The first kappa shape index (κ1) is 9.09. The molecule has 0 unspecified atom stereocenters. The SMILES string of the molecule is CC.C[C@@H]1CCCC12CCC2. The highest BCUT2D eigenvalue weighted by molar-refractivity contribution is 4.95. The van der Waals surface area contributed by atoms with Gasteiger partial charge in [-0.15, -0.1) is 0 Å². The first-order valence-corrected chi connectivity index (χ1v) is 5.33. The average Bonchev–Trinajstić information content (AvgIpc) is 2.34. The molecule has 2 aliphatic rings. The predicted molar refractivity (Wildman–Crippen MR) is 50.6 cm³/mol. The molecule has 11 heavy (non-hydrogen) atoms. The Bertz CT molecular complexity index is 111. The van der Waals surface area contributed by atoms with Crippen molar-refractivity contribution in [3.05, 3.63) is 0 Å². The minimum absolute atomic E-state index is 0.875. The van der Waals surface area contributed by atoms with Crippen LogP contribution < -0.4 is 0 Å². The highest BCUT2D eigenvalue weighted by Gasteiger charge is 2.44. The maximum atomic E-state index is 2.45. The second-order valence-electron chi connectivity index (χ2n) is 4.01. The summed E-state index contributed by atoms with van der Waals surface area (Å²) >= 11 is 0. The van der Waals surface area contributed by atoms with Gasteiger partial charge in [0.05, 0.1) is 0 Å². The zero-order valence-electron chi connectivity index (χ0n) is 8.32. The summed E-state index contributed by atoms with van der Waals surface area (Å²) in [5, 5.41) is 0. The van der Waals surface area contributed by atoms with Crippen molar-refractivity contribution in [2.45, 2.75) is 59.3 Å². The molecule has 0 aromatic rings. The van der Waals surface area contributed by atoms with Crippen LogP contribution in [0.15, 0.2) is 0 Å². The maximum Gasteiger partial charge on any atom is -0.0272 e. The Morgan fingerprint density at radius 1 is 1.00 bits per heavy atom. The van der Waals surface area contributed by atoms with Crippen LogP contribution in [0.3, 0.4) is 0 Å². The lowest BCUT2D eigenvalue weighted by Gasteiger charge is -2.42. The fraction of sp³-hybridized carbons (Fsp3) is 1.00. The highest BCUT2D eigenvalue weighted by Crippen LogP contribution is 2.56. The van der Waals surface area contributed by atoms with E-state index in [2.05, 4.69) is 6.92 Å². The van der Waals surface area contributed by atoms with Gasteiger partial charge in [0.2, 0.25) is 0 Å². The smallest absolute Gasteiger partial charge is 0.0272 e. The Balaban J connectivity index is 0.000000281. The van der Waals surface area contributed by atoms with E-state index in [4.69, 9.17) is 0 Å². The second-order valence-corrected chi connectivity index (χ2v) is 4.01. The van der Waals surface area contributed by atoms with E-state index < -0.39 is 0 Å². The number of hydrogen-bond acceptors (Lipinski definition) is 0. The van der Waals surface area contributed by atoms with Crippen LogP contribution in [0.1, 0.15) is 59.3 Å². The zero-order valence-corrected chi connectivity index (χ0v) is 8.32. The quantitative estimate of drug-likeness (QED) is 0.494. The van der Waals surface area contributed by atoms with Gasteiger partial charge in [0.25, 0.3) is 0 Å². The summed E-state index contributed by atoms with van der Waals surface area (Å²) in [5.74, 6) is 1.06. The van der Waals surface area contributed by atoms with Gasteiger partial charge in [-0.1, -0.05) is 40.0 Å². The number of hydrogen-bond donors (Lipinski definition) is 0. The van der Waals surface area contributed by atoms with E-state index in [1.54, 1.807) is 19.3 Å². The second kappa shape index (κ2) is 3.60. The van der Waals surface area contributed by atoms with Crippen molar-refractivity contribution >= 4 is 0 Å². The number of rotatable bonds is 0.